The Bertz CT molecular complexity index is 657. The molecule has 1 aliphatic heterocycles. The number of hydrogen-bond donors (Lipinski definition) is 3. The Balaban J connectivity index is 1.91. The number of nitrogens with one attached hydrogen (secondary N) is 3. The summed E-state index contributed by atoms with van der Waals surface area (Å²) in [7, 11) is 1.70. The molecule has 0 saturated carbocycles. The molecule has 0 radical (unpaired) electrons. The van der Waals surface area contributed by atoms with Crippen molar-refractivity contribution >= 4 is 17.7 Å². The summed E-state index contributed by atoms with van der Waals surface area (Å²) in [6.45, 7) is 8.05. The van der Waals surface area contributed by atoms with Gasteiger partial charge in [-0.1, -0.05) is 25.5 Å². The van der Waals surface area contributed by atoms with Crippen LogP contribution in [-0.2, 0) is 16.1 Å². The van der Waals surface area contributed by atoms with Crippen LogP contribution in [0.25, 0.3) is 0 Å². The molecular weight excluding hydrogens is 344 g/mol. The van der Waals surface area contributed by atoms with Crippen LogP contribution in [0.1, 0.15) is 52.5 Å². The minimum absolute atomic E-state index is 0.0567. The SMILES string of the molecule is CCCC1CC(C(=O)Nc2cccc(CN(C)C(=O)OC(C)(C)C)c2)NN1. The van der Waals surface area contributed by atoms with Crippen molar-refractivity contribution in [3.8, 4) is 0 Å². The first-order chi connectivity index (χ1) is 12.7. The molecule has 1 aromatic rings. The van der Waals surface area contributed by atoms with Gasteiger partial charge in [0.2, 0.25) is 5.91 Å². The number of anilines is 1. The molecule has 1 aliphatic rings. The Hall–Kier alpha value is -2.12. The molecule has 2 atom stereocenters. The van der Waals surface area contributed by atoms with Crippen LogP contribution < -0.4 is 16.2 Å². The molecule has 0 aromatic heterocycles. The molecular formula is C20H32N4O3. The van der Waals surface area contributed by atoms with E-state index in [0.29, 0.717) is 12.6 Å². The van der Waals surface area contributed by atoms with E-state index < -0.39 is 5.60 Å². The van der Waals surface area contributed by atoms with Crippen LogP contribution in [0.4, 0.5) is 10.5 Å². The predicted molar refractivity (Wildman–Crippen MR) is 106 cm³/mol. The lowest BCUT2D eigenvalue weighted by atomic mass is 10.1. The van der Waals surface area contributed by atoms with E-state index in [2.05, 4.69) is 23.1 Å². The van der Waals surface area contributed by atoms with E-state index in [9.17, 15) is 9.59 Å². The highest BCUT2D eigenvalue weighted by Crippen LogP contribution is 2.17. The number of benzene rings is 1. The fourth-order valence-electron chi connectivity index (χ4n) is 2.99. The van der Waals surface area contributed by atoms with Gasteiger partial charge in [-0.25, -0.2) is 10.2 Å². The maximum atomic E-state index is 12.5. The normalized spacial score (nSPS) is 19.6. The van der Waals surface area contributed by atoms with E-state index in [-0.39, 0.29) is 18.0 Å². The highest BCUT2D eigenvalue weighted by atomic mass is 16.6. The number of carbonyl (C=O) groups is 2. The maximum Gasteiger partial charge on any atom is 0.410 e. The van der Waals surface area contributed by atoms with Gasteiger partial charge < -0.3 is 15.0 Å². The lowest BCUT2D eigenvalue weighted by Gasteiger charge is -2.24. The number of amides is 2. The summed E-state index contributed by atoms with van der Waals surface area (Å²) in [4.78, 5) is 26.1. The average molecular weight is 377 g/mol. The molecule has 1 aromatic carbocycles. The van der Waals surface area contributed by atoms with E-state index in [0.717, 1.165) is 30.5 Å². The molecule has 7 heteroatoms. The van der Waals surface area contributed by atoms with Crippen molar-refractivity contribution in [3.63, 3.8) is 0 Å². The van der Waals surface area contributed by atoms with Crippen LogP contribution in [-0.4, -0.2) is 41.6 Å². The van der Waals surface area contributed by atoms with Gasteiger partial charge in [-0.05, 0) is 51.3 Å². The lowest BCUT2D eigenvalue weighted by Crippen LogP contribution is -2.40. The Morgan fingerprint density at radius 1 is 1.30 bits per heavy atom. The predicted octanol–water partition coefficient (Wildman–Crippen LogP) is 3.03. The van der Waals surface area contributed by atoms with Crippen LogP contribution in [0.5, 0.6) is 0 Å². The van der Waals surface area contributed by atoms with Crippen molar-refractivity contribution < 1.29 is 14.3 Å². The standard InChI is InChI=1S/C20H32N4O3/c1-6-8-16-12-17(23-22-16)18(25)21-15-10-7-9-14(11-15)13-24(5)19(26)27-20(2,3)4/h7,9-11,16-17,22-23H,6,8,12-13H2,1-5H3,(H,21,25). The fraction of sp³-hybridized carbons (Fsp3) is 0.600. The van der Waals surface area contributed by atoms with E-state index >= 15 is 0 Å². The van der Waals surface area contributed by atoms with Crippen molar-refractivity contribution in [1.29, 1.82) is 0 Å². The van der Waals surface area contributed by atoms with Gasteiger partial charge in [0.25, 0.3) is 0 Å². The van der Waals surface area contributed by atoms with Crippen molar-refractivity contribution in [2.45, 2.75) is 71.2 Å². The van der Waals surface area contributed by atoms with E-state index in [1.807, 2.05) is 45.0 Å². The molecule has 1 saturated heterocycles. The summed E-state index contributed by atoms with van der Waals surface area (Å²) in [6, 6.07) is 7.61. The quantitative estimate of drug-likeness (QED) is 0.711. The zero-order chi connectivity index (χ0) is 20.0. The first kappa shape index (κ1) is 21.2. The van der Waals surface area contributed by atoms with E-state index in [1.165, 1.54) is 4.90 Å². The highest BCUT2D eigenvalue weighted by molar-refractivity contribution is 5.95. The Morgan fingerprint density at radius 3 is 2.70 bits per heavy atom. The molecule has 3 N–H and O–H groups in total. The smallest absolute Gasteiger partial charge is 0.410 e. The van der Waals surface area contributed by atoms with E-state index in [1.54, 1.807) is 7.05 Å². The number of ether oxygens (including phenoxy) is 1. The molecule has 0 aliphatic carbocycles. The third-order valence-corrected chi connectivity index (χ3v) is 4.25. The number of hydrazine groups is 1. The minimum Gasteiger partial charge on any atom is -0.444 e. The van der Waals surface area contributed by atoms with Gasteiger partial charge in [0, 0.05) is 25.3 Å². The van der Waals surface area contributed by atoms with Gasteiger partial charge in [-0.15, -0.1) is 0 Å². The lowest BCUT2D eigenvalue weighted by molar-refractivity contribution is -0.117. The molecule has 150 valence electrons. The summed E-state index contributed by atoms with van der Waals surface area (Å²) in [5, 5.41) is 2.95. The molecule has 2 unspecified atom stereocenters. The van der Waals surface area contributed by atoms with Gasteiger partial charge in [0.1, 0.15) is 11.6 Å². The molecule has 27 heavy (non-hydrogen) atoms. The summed E-state index contributed by atoms with van der Waals surface area (Å²) in [6.07, 6.45) is 2.53. The van der Waals surface area contributed by atoms with Crippen molar-refractivity contribution in [3.05, 3.63) is 29.8 Å². The van der Waals surface area contributed by atoms with Crippen molar-refractivity contribution in [2.75, 3.05) is 12.4 Å². The summed E-state index contributed by atoms with van der Waals surface area (Å²) < 4.78 is 5.37. The third-order valence-electron chi connectivity index (χ3n) is 4.25. The average Bonchev–Trinajstić information content (AvgIpc) is 3.03. The van der Waals surface area contributed by atoms with Gasteiger partial charge in [0.15, 0.2) is 0 Å². The van der Waals surface area contributed by atoms with Crippen LogP contribution in [0.15, 0.2) is 24.3 Å². The van der Waals surface area contributed by atoms with Gasteiger partial charge in [0.05, 0.1) is 0 Å². The molecule has 7 nitrogen and oxygen atoms in total. The Labute approximate surface area is 161 Å². The van der Waals surface area contributed by atoms with Gasteiger partial charge in [-0.3, -0.25) is 10.2 Å². The monoisotopic (exact) mass is 376 g/mol. The van der Waals surface area contributed by atoms with Crippen LogP contribution in [0.2, 0.25) is 0 Å². The molecule has 0 spiro atoms. The molecule has 2 amide bonds. The molecule has 1 heterocycles. The number of rotatable bonds is 6. The highest BCUT2D eigenvalue weighted by Gasteiger charge is 2.28. The topological polar surface area (TPSA) is 82.7 Å². The third kappa shape index (κ3) is 6.84. The number of carbonyl (C=O) groups excluding carboxylic acids is 2. The van der Waals surface area contributed by atoms with Crippen LogP contribution in [0.3, 0.4) is 0 Å². The first-order valence-corrected chi connectivity index (χ1v) is 9.53. The zero-order valence-electron chi connectivity index (χ0n) is 17.0. The van der Waals surface area contributed by atoms with Crippen LogP contribution in [0, 0.1) is 0 Å². The molecule has 2 rings (SSSR count). The van der Waals surface area contributed by atoms with Gasteiger partial charge in [-0.2, -0.15) is 0 Å². The summed E-state index contributed by atoms with van der Waals surface area (Å²) >= 11 is 0. The Kier molecular flexibility index (Phi) is 7.21. The second kappa shape index (κ2) is 9.19. The van der Waals surface area contributed by atoms with Crippen molar-refractivity contribution in [2.24, 2.45) is 0 Å². The van der Waals surface area contributed by atoms with Crippen LogP contribution >= 0.6 is 0 Å². The van der Waals surface area contributed by atoms with E-state index in [4.69, 9.17) is 4.74 Å². The number of hydrogen-bond acceptors (Lipinski definition) is 5. The fourth-order valence-corrected chi connectivity index (χ4v) is 2.99. The second-order valence-electron chi connectivity index (χ2n) is 8.09. The largest absolute Gasteiger partial charge is 0.444 e. The maximum absolute atomic E-state index is 12.5. The molecule has 1 fully saturated rings. The first-order valence-electron chi connectivity index (χ1n) is 9.53. The Morgan fingerprint density at radius 2 is 2.04 bits per heavy atom. The number of nitrogens with zero attached hydrogens (tertiary/aromatic N) is 1. The summed E-state index contributed by atoms with van der Waals surface area (Å²) in [5.41, 5.74) is 7.35. The summed E-state index contributed by atoms with van der Waals surface area (Å²) in [5.74, 6) is -0.0567. The second-order valence-corrected chi connectivity index (χ2v) is 8.09. The zero-order valence-corrected chi connectivity index (χ0v) is 17.0. The minimum atomic E-state index is -0.529. The van der Waals surface area contributed by atoms with Gasteiger partial charge >= 0.3 is 6.09 Å². The van der Waals surface area contributed by atoms with Crippen molar-refractivity contribution in [1.82, 2.24) is 15.8 Å². The molecule has 0 bridgehead atoms.